The van der Waals surface area contributed by atoms with Gasteiger partial charge in [-0.25, -0.2) is 15.3 Å². The van der Waals surface area contributed by atoms with Crippen LogP contribution >= 0.6 is 11.6 Å². The van der Waals surface area contributed by atoms with Gasteiger partial charge in [0.15, 0.2) is 0 Å². The fourth-order valence-corrected chi connectivity index (χ4v) is 2.37. The van der Waals surface area contributed by atoms with Crippen LogP contribution < -0.4 is 26.7 Å². The quantitative estimate of drug-likeness (QED) is 0.314. The number of hydrazone groups is 1. The van der Waals surface area contributed by atoms with Crippen molar-refractivity contribution in [1.82, 2.24) is 20.6 Å². The average molecular weight is 429 g/mol. The van der Waals surface area contributed by atoms with Crippen LogP contribution in [0.15, 0.2) is 63.2 Å². The van der Waals surface area contributed by atoms with Gasteiger partial charge in [0.2, 0.25) is 5.82 Å². The molecule has 1 amide bonds. The molecule has 0 aliphatic carbocycles. The summed E-state index contributed by atoms with van der Waals surface area (Å²) in [7, 11) is 0. The lowest BCUT2D eigenvalue weighted by molar-refractivity contribution is -0.119. The maximum Gasteiger partial charge on any atom is 0.342 e. The molecule has 0 bridgehead atoms. The Labute approximate surface area is 174 Å². The van der Waals surface area contributed by atoms with Gasteiger partial charge in [-0.3, -0.25) is 14.6 Å². The summed E-state index contributed by atoms with van der Waals surface area (Å²) in [6, 6.07) is 14.5. The standard InChI is InChI=1S/C19H17ClN6O4/c20-14-5-1-13(2-6-14)11-30-15-7-3-12(4-8-15)9-22-24-16(27)10-21-17-18(28)23-19(29)26-25-17/h1-9H,10-11H2,(H,21,25)(H,24,27)(H2,23,26,28,29)/b22-9+. The molecule has 4 N–H and O–H groups in total. The van der Waals surface area contributed by atoms with E-state index < -0.39 is 17.2 Å². The minimum absolute atomic E-state index is 0.178. The van der Waals surface area contributed by atoms with Gasteiger partial charge in [0.1, 0.15) is 12.4 Å². The van der Waals surface area contributed by atoms with Crippen molar-refractivity contribution in [2.24, 2.45) is 5.10 Å². The molecule has 11 heteroatoms. The highest BCUT2D eigenvalue weighted by Crippen LogP contribution is 2.15. The summed E-state index contributed by atoms with van der Waals surface area (Å²) < 4.78 is 5.70. The number of carbonyl (C=O) groups excluding carboxylic acids is 1. The van der Waals surface area contributed by atoms with Gasteiger partial charge in [0.25, 0.3) is 11.5 Å². The lowest BCUT2D eigenvalue weighted by atomic mass is 10.2. The van der Waals surface area contributed by atoms with Crippen molar-refractivity contribution < 1.29 is 9.53 Å². The first-order valence-electron chi connectivity index (χ1n) is 8.72. The molecular formula is C19H17ClN6O4. The van der Waals surface area contributed by atoms with Crippen LogP contribution in [0.4, 0.5) is 5.82 Å². The van der Waals surface area contributed by atoms with E-state index in [1.165, 1.54) is 6.21 Å². The van der Waals surface area contributed by atoms with E-state index in [0.29, 0.717) is 17.4 Å². The van der Waals surface area contributed by atoms with Crippen molar-refractivity contribution in [3.05, 3.63) is 85.5 Å². The smallest absolute Gasteiger partial charge is 0.342 e. The Morgan fingerprint density at radius 3 is 2.57 bits per heavy atom. The maximum atomic E-state index is 11.8. The number of H-pyrrole nitrogens is 2. The SMILES string of the molecule is O=C(CNc1n[nH]c(=O)[nH]c1=O)N/N=C/c1ccc(OCc2ccc(Cl)cc2)cc1. The molecule has 0 aliphatic rings. The average Bonchev–Trinajstić information content (AvgIpc) is 2.74. The van der Waals surface area contributed by atoms with E-state index in [4.69, 9.17) is 16.3 Å². The second-order valence-corrected chi connectivity index (χ2v) is 6.42. The molecule has 30 heavy (non-hydrogen) atoms. The Balaban J connectivity index is 1.44. The number of amides is 1. The number of aromatic nitrogens is 3. The molecule has 0 fully saturated rings. The molecular weight excluding hydrogens is 412 g/mol. The highest BCUT2D eigenvalue weighted by molar-refractivity contribution is 6.30. The number of anilines is 1. The van der Waals surface area contributed by atoms with Crippen molar-refractivity contribution in [3.63, 3.8) is 0 Å². The lowest BCUT2D eigenvalue weighted by Crippen LogP contribution is -2.31. The molecule has 2 aromatic carbocycles. The molecule has 3 aromatic rings. The third-order valence-electron chi connectivity index (χ3n) is 3.73. The van der Waals surface area contributed by atoms with Gasteiger partial charge in [-0.15, -0.1) is 5.10 Å². The molecule has 10 nitrogen and oxygen atoms in total. The number of halogens is 1. The molecule has 0 atom stereocenters. The monoisotopic (exact) mass is 428 g/mol. The van der Waals surface area contributed by atoms with E-state index >= 15 is 0 Å². The van der Waals surface area contributed by atoms with E-state index in [1.807, 2.05) is 17.1 Å². The van der Waals surface area contributed by atoms with Gasteiger partial charge < -0.3 is 10.1 Å². The molecule has 3 rings (SSSR count). The summed E-state index contributed by atoms with van der Waals surface area (Å²) in [4.78, 5) is 36.1. The van der Waals surface area contributed by atoms with Crippen LogP contribution in [0.2, 0.25) is 5.02 Å². The number of ether oxygens (including phenoxy) is 1. The number of rotatable bonds is 8. The number of hydrogen-bond acceptors (Lipinski definition) is 7. The van der Waals surface area contributed by atoms with Crippen LogP contribution in [0.25, 0.3) is 0 Å². The van der Waals surface area contributed by atoms with E-state index in [0.717, 1.165) is 11.1 Å². The lowest BCUT2D eigenvalue weighted by Gasteiger charge is -2.06. The predicted octanol–water partition coefficient (Wildman–Crippen LogP) is 1.25. The molecule has 0 saturated heterocycles. The normalized spacial score (nSPS) is 10.7. The first kappa shape index (κ1) is 20.8. The van der Waals surface area contributed by atoms with Crippen LogP contribution in [0.1, 0.15) is 11.1 Å². The summed E-state index contributed by atoms with van der Waals surface area (Å²) in [5.41, 5.74) is 2.60. The van der Waals surface area contributed by atoms with Crippen LogP contribution in [0.3, 0.4) is 0 Å². The van der Waals surface area contributed by atoms with Gasteiger partial charge in [-0.2, -0.15) is 5.10 Å². The molecule has 154 valence electrons. The summed E-state index contributed by atoms with van der Waals surface area (Å²) in [5, 5.41) is 12.6. The number of nitrogens with one attached hydrogen (secondary N) is 4. The van der Waals surface area contributed by atoms with Crippen molar-refractivity contribution in [3.8, 4) is 5.75 Å². The number of hydrogen-bond donors (Lipinski definition) is 4. The third-order valence-corrected chi connectivity index (χ3v) is 3.98. The van der Waals surface area contributed by atoms with Gasteiger partial charge in [0.05, 0.1) is 12.8 Å². The highest BCUT2D eigenvalue weighted by Gasteiger charge is 2.04. The van der Waals surface area contributed by atoms with E-state index in [1.54, 1.807) is 36.4 Å². The molecule has 0 spiro atoms. The van der Waals surface area contributed by atoms with E-state index in [-0.39, 0.29) is 12.4 Å². The largest absolute Gasteiger partial charge is 0.489 e. The van der Waals surface area contributed by atoms with E-state index in [9.17, 15) is 14.4 Å². The highest BCUT2D eigenvalue weighted by atomic mass is 35.5. The minimum Gasteiger partial charge on any atom is -0.489 e. The Bertz CT molecular complexity index is 1140. The summed E-state index contributed by atoms with van der Waals surface area (Å²) in [6.45, 7) is 0.164. The van der Waals surface area contributed by atoms with Crippen LogP contribution in [0, 0.1) is 0 Å². The topological polar surface area (TPSA) is 141 Å². The Hall–Kier alpha value is -3.92. The molecule has 0 saturated carbocycles. The van der Waals surface area contributed by atoms with Gasteiger partial charge in [-0.1, -0.05) is 23.7 Å². The molecule has 0 radical (unpaired) electrons. The Morgan fingerprint density at radius 1 is 1.13 bits per heavy atom. The zero-order valence-corrected chi connectivity index (χ0v) is 16.3. The molecule has 0 aliphatic heterocycles. The van der Waals surface area contributed by atoms with Crippen LogP contribution in [-0.4, -0.2) is 33.8 Å². The summed E-state index contributed by atoms with van der Waals surface area (Å²) in [5.74, 6) is 0.0125. The molecule has 0 unspecified atom stereocenters. The fraction of sp³-hybridized carbons (Fsp3) is 0.105. The number of carbonyl (C=O) groups is 1. The number of aromatic amines is 2. The van der Waals surface area contributed by atoms with E-state index in [2.05, 4.69) is 26.0 Å². The molecule has 1 heterocycles. The maximum absolute atomic E-state index is 11.8. The first-order valence-corrected chi connectivity index (χ1v) is 9.09. The first-order chi connectivity index (χ1) is 14.5. The number of benzene rings is 2. The van der Waals surface area contributed by atoms with Crippen LogP contribution in [0.5, 0.6) is 5.75 Å². The Kier molecular flexibility index (Phi) is 6.95. The fourth-order valence-electron chi connectivity index (χ4n) is 2.25. The summed E-state index contributed by atoms with van der Waals surface area (Å²) >= 11 is 5.85. The minimum atomic E-state index is -0.735. The second-order valence-electron chi connectivity index (χ2n) is 5.99. The predicted molar refractivity (Wildman–Crippen MR) is 112 cm³/mol. The van der Waals surface area contributed by atoms with Crippen molar-refractivity contribution >= 4 is 29.5 Å². The van der Waals surface area contributed by atoms with Crippen molar-refractivity contribution in [2.45, 2.75) is 6.61 Å². The molecule has 1 aromatic heterocycles. The van der Waals surface area contributed by atoms with Crippen LogP contribution in [-0.2, 0) is 11.4 Å². The van der Waals surface area contributed by atoms with Gasteiger partial charge in [0, 0.05) is 5.02 Å². The Morgan fingerprint density at radius 2 is 1.87 bits per heavy atom. The zero-order chi connectivity index (χ0) is 21.3. The van der Waals surface area contributed by atoms with Crippen molar-refractivity contribution in [2.75, 3.05) is 11.9 Å². The zero-order valence-electron chi connectivity index (χ0n) is 15.5. The number of nitrogens with zero attached hydrogens (tertiary/aromatic N) is 2. The van der Waals surface area contributed by atoms with Crippen molar-refractivity contribution in [1.29, 1.82) is 0 Å². The van der Waals surface area contributed by atoms with Gasteiger partial charge in [-0.05, 0) is 47.5 Å². The second kappa shape index (κ2) is 10.0. The summed E-state index contributed by atoms with van der Waals surface area (Å²) in [6.07, 6.45) is 1.46. The van der Waals surface area contributed by atoms with Gasteiger partial charge >= 0.3 is 5.69 Å². The third kappa shape index (κ3) is 6.31.